The lowest BCUT2D eigenvalue weighted by Crippen LogP contribution is -2.60. The van der Waals surface area contributed by atoms with Crippen LogP contribution in [0.3, 0.4) is 0 Å². The average Bonchev–Trinajstić information content (AvgIpc) is 2.91. The molecule has 0 aromatic rings. The molecule has 0 radical (unpaired) electrons. The molecule has 1 heterocycles. The van der Waals surface area contributed by atoms with E-state index in [2.05, 4.69) is 32.7 Å². The fourth-order valence-corrected chi connectivity index (χ4v) is 8.48. The first-order valence-corrected chi connectivity index (χ1v) is 10.7. The van der Waals surface area contributed by atoms with Gasteiger partial charge in [-0.05, 0) is 105 Å². The molecule has 4 fully saturated rings. The van der Waals surface area contributed by atoms with Crippen molar-refractivity contribution in [2.24, 2.45) is 40.4 Å². The third-order valence-corrected chi connectivity index (χ3v) is 9.63. The summed E-state index contributed by atoms with van der Waals surface area (Å²) in [6.07, 6.45) is 11.4. The summed E-state index contributed by atoms with van der Waals surface area (Å²) < 4.78 is 0. The lowest BCUT2D eigenvalue weighted by Gasteiger charge is -2.62. The van der Waals surface area contributed by atoms with Crippen LogP contribution in [-0.2, 0) is 0 Å². The van der Waals surface area contributed by atoms with Crippen LogP contribution in [0.2, 0.25) is 0 Å². The molecule has 3 saturated carbocycles. The van der Waals surface area contributed by atoms with Gasteiger partial charge >= 0.3 is 0 Å². The van der Waals surface area contributed by atoms with Crippen molar-refractivity contribution < 1.29 is 5.11 Å². The summed E-state index contributed by atoms with van der Waals surface area (Å²) in [5.74, 6) is 4.10. The number of rotatable bonds is 2. The summed E-state index contributed by atoms with van der Waals surface area (Å²) in [6, 6.07) is 0.838. The highest BCUT2D eigenvalue weighted by atomic mass is 16.3. The van der Waals surface area contributed by atoms with Crippen molar-refractivity contribution in [3.63, 3.8) is 0 Å². The Hall–Kier alpha value is -0.0800. The molecule has 2 heteroatoms. The van der Waals surface area contributed by atoms with E-state index in [0.29, 0.717) is 23.4 Å². The lowest BCUT2D eigenvalue weighted by atomic mass is 9.46. The van der Waals surface area contributed by atoms with Crippen molar-refractivity contribution in [2.75, 3.05) is 20.2 Å². The van der Waals surface area contributed by atoms with Gasteiger partial charge in [0.2, 0.25) is 0 Å². The molecular formula is C22H39NO. The highest BCUT2D eigenvalue weighted by molar-refractivity contribution is 5.10. The van der Waals surface area contributed by atoms with E-state index < -0.39 is 0 Å². The second kappa shape index (κ2) is 5.98. The van der Waals surface area contributed by atoms with Crippen molar-refractivity contribution >= 4 is 0 Å². The zero-order chi connectivity index (χ0) is 17.1. The second-order valence-electron chi connectivity index (χ2n) is 10.4. The summed E-state index contributed by atoms with van der Waals surface area (Å²) in [5, 5.41) is 9.75. The first kappa shape index (κ1) is 17.3. The van der Waals surface area contributed by atoms with Crippen molar-refractivity contribution in [2.45, 2.75) is 78.2 Å². The fraction of sp³-hybridized carbons (Fsp3) is 1.00. The van der Waals surface area contributed by atoms with E-state index in [1.165, 1.54) is 57.9 Å². The molecule has 4 rings (SSSR count). The SMILES string of the molecule is CC(CO)[C@H]1CC[C@H]2[C@@H]3CC[C@H]4N(C)CCC[C@]4(C)[C@H]3CC[C@]12C. The third kappa shape index (κ3) is 2.28. The number of piperidine rings is 1. The number of hydrogen-bond acceptors (Lipinski definition) is 2. The maximum absolute atomic E-state index is 9.75. The van der Waals surface area contributed by atoms with Gasteiger partial charge in [-0.25, -0.2) is 0 Å². The van der Waals surface area contributed by atoms with Gasteiger partial charge in [-0.3, -0.25) is 0 Å². The molecule has 8 atom stereocenters. The Balaban J connectivity index is 1.61. The van der Waals surface area contributed by atoms with Crippen LogP contribution in [-0.4, -0.2) is 36.2 Å². The molecule has 0 aromatic heterocycles. The molecule has 1 saturated heterocycles. The number of hydrogen-bond donors (Lipinski definition) is 1. The summed E-state index contributed by atoms with van der Waals surface area (Å²) in [6.45, 7) is 9.23. The quantitative estimate of drug-likeness (QED) is 0.800. The molecule has 1 aliphatic heterocycles. The third-order valence-electron chi connectivity index (χ3n) is 9.63. The van der Waals surface area contributed by atoms with Gasteiger partial charge in [-0.1, -0.05) is 20.8 Å². The Morgan fingerprint density at radius 3 is 2.50 bits per heavy atom. The standard InChI is InChI=1S/C22H39NO/c1-15(14-24)17-7-8-18-16-6-9-20-22(3,11-5-13-23(20)4)19(16)10-12-21(17,18)2/h15-20,24H,5-14H2,1-4H3/t15?,16-,17+,18-,19-,20+,21+,22+/m0/s1. The first-order chi connectivity index (χ1) is 11.4. The van der Waals surface area contributed by atoms with Gasteiger partial charge in [0.05, 0.1) is 0 Å². The Bertz CT molecular complexity index is 479. The van der Waals surface area contributed by atoms with E-state index in [1.807, 2.05) is 0 Å². The van der Waals surface area contributed by atoms with Gasteiger partial charge in [0.25, 0.3) is 0 Å². The number of aliphatic hydroxyl groups excluding tert-OH is 1. The van der Waals surface area contributed by atoms with Gasteiger partial charge in [-0.2, -0.15) is 0 Å². The maximum atomic E-state index is 9.75. The number of fused-ring (bicyclic) bond motifs is 5. The van der Waals surface area contributed by atoms with E-state index in [4.69, 9.17) is 0 Å². The molecule has 1 unspecified atom stereocenters. The molecule has 0 spiro atoms. The van der Waals surface area contributed by atoms with Crippen LogP contribution < -0.4 is 0 Å². The predicted molar refractivity (Wildman–Crippen MR) is 99.8 cm³/mol. The Morgan fingerprint density at radius 2 is 1.75 bits per heavy atom. The average molecular weight is 334 g/mol. The van der Waals surface area contributed by atoms with Gasteiger partial charge in [0.15, 0.2) is 0 Å². The van der Waals surface area contributed by atoms with Crippen molar-refractivity contribution in [1.82, 2.24) is 4.90 Å². The molecule has 4 aliphatic rings. The minimum Gasteiger partial charge on any atom is -0.396 e. The molecule has 0 bridgehead atoms. The van der Waals surface area contributed by atoms with Crippen LogP contribution in [0, 0.1) is 40.4 Å². The smallest absolute Gasteiger partial charge is 0.0459 e. The van der Waals surface area contributed by atoms with E-state index >= 15 is 0 Å². The van der Waals surface area contributed by atoms with Crippen molar-refractivity contribution in [1.29, 1.82) is 0 Å². The number of aliphatic hydroxyl groups is 1. The predicted octanol–water partition coefficient (Wildman–Crippen LogP) is 4.57. The summed E-state index contributed by atoms with van der Waals surface area (Å²) in [7, 11) is 2.38. The molecule has 1 N–H and O–H groups in total. The monoisotopic (exact) mass is 333 g/mol. The fourth-order valence-electron chi connectivity index (χ4n) is 8.48. The van der Waals surface area contributed by atoms with Gasteiger partial charge in [0.1, 0.15) is 0 Å². The second-order valence-corrected chi connectivity index (χ2v) is 10.4. The Morgan fingerprint density at radius 1 is 1.00 bits per heavy atom. The zero-order valence-corrected chi connectivity index (χ0v) is 16.4. The van der Waals surface area contributed by atoms with Gasteiger partial charge < -0.3 is 10.0 Å². The highest BCUT2D eigenvalue weighted by Crippen LogP contribution is 2.66. The van der Waals surface area contributed by atoms with Crippen LogP contribution in [0.5, 0.6) is 0 Å². The Kier molecular flexibility index (Phi) is 4.32. The molecule has 2 nitrogen and oxygen atoms in total. The van der Waals surface area contributed by atoms with Crippen LogP contribution in [0.25, 0.3) is 0 Å². The first-order valence-electron chi connectivity index (χ1n) is 10.7. The van der Waals surface area contributed by atoms with Crippen LogP contribution >= 0.6 is 0 Å². The number of nitrogens with zero attached hydrogens (tertiary/aromatic N) is 1. The van der Waals surface area contributed by atoms with E-state index in [1.54, 1.807) is 0 Å². The largest absolute Gasteiger partial charge is 0.396 e. The van der Waals surface area contributed by atoms with Crippen molar-refractivity contribution in [3.05, 3.63) is 0 Å². The minimum absolute atomic E-state index is 0.381. The highest BCUT2D eigenvalue weighted by Gasteiger charge is 2.60. The van der Waals surface area contributed by atoms with Gasteiger partial charge in [-0.15, -0.1) is 0 Å². The normalized spacial score (nSPS) is 53.1. The van der Waals surface area contributed by atoms with E-state index in [-0.39, 0.29) is 0 Å². The summed E-state index contributed by atoms with van der Waals surface area (Å²) in [5.41, 5.74) is 1.07. The molecule has 0 amide bonds. The number of likely N-dealkylation sites (tertiary alicyclic amines) is 1. The van der Waals surface area contributed by atoms with Crippen LogP contribution in [0.1, 0.15) is 72.1 Å². The van der Waals surface area contributed by atoms with E-state index in [0.717, 1.165) is 29.7 Å². The lowest BCUT2D eigenvalue weighted by molar-refractivity contribution is -0.126. The van der Waals surface area contributed by atoms with Crippen LogP contribution in [0.15, 0.2) is 0 Å². The molecule has 138 valence electrons. The molecule has 24 heavy (non-hydrogen) atoms. The maximum Gasteiger partial charge on any atom is 0.0459 e. The topological polar surface area (TPSA) is 23.5 Å². The van der Waals surface area contributed by atoms with Crippen molar-refractivity contribution in [3.8, 4) is 0 Å². The van der Waals surface area contributed by atoms with E-state index in [9.17, 15) is 5.11 Å². The zero-order valence-electron chi connectivity index (χ0n) is 16.4. The Labute approximate surface area is 149 Å². The molecule has 3 aliphatic carbocycles. The minimum atomic E-state index is 0.381. The van der Waals surface area contributed by atoms with Crippen LogP contribution in [0.4, 0.5) is 0 Å². The summed E-state index contributed by atoms with van der Waals surface area (Å²) >= 11 is 0. The molecule has 0 aromatic carbocycles. The summed E-state index contributed by atoms with van der Waals surface area (Å²) in [4.78, 5) is 2.69. The molecular weight excluding hydrogens is 294 g/mol. The van der Waals surface area contributed by atoms with Gasteiger partial charge in [0, 0.05) is 12.6 Å².